The summed E-state index contributed by atoms with van der Waals surface area (Å²) >= 11 is 0. The maximum absolute atomic E-state index is 2.42. The maximum Gasteiger partial charge on any atom is 0.0410 e. The van der Waals surface area contributed by atoms with Gasteiger partial charge in [0, 0.05) is 17.9 Å². The van der Waals surface area contributed by atoms with Crippen molar-refractivity contribution >= 4 is 11.4 Å². The first kappa shape index (κ1) is 14.6. The Bertz CT molecular complexity index is 424. The van der Waals surface area contributed by atoms with Crippen LogP contribution < -0.4 is 4.90 Å². The fourth-order valence-electron chi connectivity index (χ4n) is 2.50. The fraction of sp³-hybridized carbons (Fsp3) is 0.368. The molecular weight excluding hydrogens is 242 g/mol. The third-order valence-electron chi connectivity index (χ3n) is 3.62. The van der Waals surface area contributed by atoms with Crippen LogP contribution in [-0.2, 0) is 0 Å². The largest absolute Gasteiger partial charge is 0.341 e. The highest BCUT2D eigenvalue weighted by molar-refractivity contribution is 5.62. The average molecular weight is 267 g/mol. The number of para-hydroxylation sites is 2. The fourth-order valence-corrected chi connectivity index (χ4v) is 2.50. The molecule has 1 heteroatoms. The minimum Gasteiger partial charge on any atom is -0.341 e. The number of nitrogens with zero attached hydrogens (tertiary/aromatic N) is 1. The zero-order valence-electron chi connectivity index (χ0n) is 12.5. The summed E-state index contributed by atoms with van der Waals surface area (Å²) in [7, 11) is 0. The van der Waals surface area contributed by atoms with E-state index in [-0.39, 0.29) is 0 Å². The Morgan fingerprint density at radius 2 is 1.15 bits per heavy atom. The lowest BCUT2D eigenvalue weighted by atomic mass is 10.1. The van der Waals surface area contributed by atoms with Gasteiger partial charge in [-0.05, 0) is 30.7 Å². The van der Waals surface area contributed by atoms with Crippen LogP contribution in [0.1, 0.15) is 39.0 Å². The van der Waals surface area contributed by atoms with Crippen molar-refractivity contribution in [3.8, 4) is 0 Å². The molecule has 0 amide bonds. The van der Waals surface area contributed by atoms with Gasteiger partial charge in [-0.15, -0.1) is 0 Å². The summed E-state index contributed by atoms with van der Waals surface area (Å²) in [6.45, 7) is 3.36. The van der Waals surface area contributed by atoms with Crippen molar-refractivity contribution in [1.29, 1.82) is 0 Å². The molecule has 0 spiro atoms. The van der Waals surface area contributed by atoms with Crippen molar-refractivity contribution in [1.82, 2.24) is 0 Å². The molecule has 1 nitrogen and oxygen atoms in total. The van der Waals surface area contributed by atoms with E-state index < -0.39 is 0 Å². The molecule has 0 heterocycles. The first-order valence-electron chi connectivity index (χ1n) is 7.79. The first-order chi connectivity index (χ1) is 9.92. The molecule has 0 atom stereocenters. The Morgan fingerprint density at radius 3 is 1.65 bits per heavy atom. The highest BCUT2D eigenvalue weighted by Crippen LogP contribution is 2.25. The van der Waals surface area contributed by atoms with Crippen molar-refractivity contribution in [3.05, 3.63) is 60.7 Å². The Balaban J connectivity index is 2.02. The maximum atomic E-state index is 2.42. The number of hydrogen-bond donors (Lipinski definition) is 0. The lowest BCUT2D eigenvalue weighted by molar-refractivity contribution is 0.634. The molecule has 0 aliphatic carbocycles. The predicted molar refractivity (Wildman–Crippen MR) is 88.6 cm³/mol. The van der Waals surface area contributed by atoms with Crippen LogP contribution in [0.3, 0.4) is 0 Å². The van der Waals surface area contributed by atoms with Crippen LogP contribution in [0.25, 0.3) is 0 Å². The van der Waals surface area contributed by atoms with Gasteiger partial charge in [-0.2, -0.15) is 0 Å². The summed E-state index contributed by atoms with van der Waals surface area (Å²) in [5, 5.41) is 0. The van der Waals surface area contributed by atoms with Crippen LogP contribution in [0.15, 0.2) is 60.7 Å². The number of unbranched alkanes of at least 4 members (excludes halogenated alkanes) is 4. The van der Waals surface area contributed by atoms with E-state index in [0.717, 1.165) is 6.54 Å². The van der Waals surface area contributed by atoms with E-state index in [4.69, 9.17) is 0 Å². The Kier molecular flexibility index (Phi) is 6.16. The van der Waals surface area contributed by atoms with Gasteiger partial charge in [0.15, 0.2) is 0 Å². The van der Waals surface area contributed by atoms with Crippen LogP contribution in [0.4, 0.5) is 11.4 Å². The minimum atomic E-state index is 1.09. The van der Waals surface area contributed by atoms with Crippen LogP contribution in [-0.4, -0.2) is 6.54 Å². The van der Waals surface area contributed by atoms with Crippen LogP contribution in [0.5, 0.6) is 0 Å². The minimum absolute atomic E-state index is 1.09. The summed E-state index contributed by atoms with van der Waals surface area (Å²) in [4.78, 5) is 2.42. The number of hydrogen-bond acceptors (Lipinski definition) is 1. The van der Waals surface area contributed by atoms with Gasteiger partial charge in [0.25, 0.3) is 0 Å². The molecule has 106 valence electrons. The second-order valence-corrected chi connectivity index (χ2v) is 5.24. The van der Waals surface area contributed by atoms with Crippen molar-refractivity contribution in [2.75, 3.05) is 11.4 Å². The zero-order valence-corrected chi connectivity index (χ0v) is 12.5. The van der Waals surface area contributed by atoms with Gasteiger partial charge in [-0.3, -0.25) is 0 Å². The highest BCUT2D eigenvalue weighted by atomic mass is 15.1. The lowest BCUT2D eigenvalue weighted by Gasteiger charge is -2.25. The van der Waals surface area contributed by atoms with Gasteiger partial charge in [0.1, 0.15) is 0 Å². The first-order valence-corrected chi connectivity index (χ1v) is 7.79. The smallest absolute Gasteiger partial charge is 0.0410 e. The molecule has 2 aromatic carbocycles. The topological polar surface area (TPSA) is 3.24 Å². The van der Waals surface area contributed by atoms with Gasteiger partial charge in [-0.1, -0.05) is 69.0 Å². The molecule has 2 rings (SSSR count). The van der Waals surface area contributed by atoms with E-state index in [1.165, 1.54) is 43.5 Å². The van der Waals surface area contributed by atoms with Gasteiger partial charge in [0.2, 0.25) is 0 Å². The Morgan fingerprint density at radius 1 is 0.650 bits per heavy atom. The second kappa shape index (κ2) is 8.42. The lowest BCUT2D eigenvalue weighted by Crippen LogP contribution is -2.18. The summed E-state index contributed by atoms with van der Waals surface area (Å²) in [6.07, 6.45) is 6.60. The van der Waals surface area contributed by atoms with Crippen LogP contribution in [0, 0.1) is 0 Å². The second-order valence-electron chi connectivity index (χ2n) is 5.24. The van der Waals surface area contributed by atoms with Crippen molar-refractivity contribution in [2.45, 2.75) is 39.0 Å². The molecule has 0 aliphatic heterocycles. The predicted octanol–water partition coefficient (Wildman–Crippen LogP) is 5.80. The van der Waals surface area contributed by atoms with Crippen molar-refractivity contribution < 1.29 is 0 Å². The summed E-state index contributed by atoms with van der Waals surface area (Å²) in [5.74, 6) is 0. The van der Waals surface area contributed by atoms with E-state index >= 15 is 0 Å². The Hall–Kier alpha value is -1.76. The monoisotopic (exact) mass is 267 g/mol. The SMILES string of the molecule is CCCCCCCN(c1ccccc1)c1ccccc1. The zero-order chi connectivity index (χ0) is 14.0. The van der Waals surface area contributed by atoms with Crippen molar-refractivity contribution in [3.63, 3.8) is 0 Å². The van der Waals surface area contributed by atoms with E-state index in [1.807, 2.05) is 0 Å². The van der Waals surface area contributed by atoms with Crippen molar-refractivity contribution in [2.24, 2.45) is 0 Å². The molecule has 0 saturated heterocycles. The van der Waals surface area contributed by atoms with E-state index in [1.54, 1.807) is 0 Å². The molecule has 0 aliphatic rings. The van der Waals surface area contributed by atoms with Crippen LogP contribution >= 0.6 is 0 Å². The number of anilines is 2. The number of benzene rings is 2. The summed E-state index contributed by atoms with van der Waals surface area (Å²) in [6, 6.07) is 21.4. The highest BCUT2D eigenvalue weighted by Gasteiger charge is 2.07. The molecule has 0 fully saturated rings. The van der Waals surface area contributed by atoms with Gasteiger partial charge < -0.3 is 4.90 Å². The third-order valence-corrected chi connectivity index (χ3v) is 3.62. The molecule has 20 heavy (non-hydrogen) atoms. The molecule has 0 bridgehead atoms. The van der Waals surface area contributed by atoms with E-state index in [0.29, 0.717) is 0 Å². The molecular formula is C19H25N. The van der Waals surface area contributed by atoms with Crippen LogP contribution in [0.2, 0.25) is 0 Å². The molecule has 2 aromatic rings. The van der Waals surface area contributed by atoms with E-state index in [9.17, 15) is 0 Å². The molecule has 0 radical (unpaired) electrons. The summed E-state index contributed by atoms with van der Waals surface area (Å²) in [5.41, 5.74) is 2.57. The van der Waals surface area contributed by atoms with E-state index in [2.05, 4.69) is 72.5 Å². The van der Waals surface area contributed by atoms with Gasteiger partial charge >= 0.3 is 0 Å². The average Bonchev–Trinajstić information content (AvgIpc) is 2.53. The molecule has 0 aromatic heterocycles. The Labute approximate surface area is 123 Å². The van der Waals surface area contributed by atoms with Gasteiger partial charge in [0.05, 0.1) is 0 Å². The third kappa shape index (κ3) is 4.41. The quantitative estimate of drug-likeness (QED) is 0.547. The summed E-state index contributed by atoms with van der Waals surface area (Å²) < 4.78 is 0. The molecule has 0 saturated carbocycles. The number of rotatable bonds is 8. The molecule has 0 N–H and O–H groups in total. The van der Waals surface area contributed by atoms with Gasteiger partial charge in [-0.25, -0.2) is 0 Å². The standard InChI is InChI=1S/C19H25N/c1-2-3-4-5-12-17-20(18-13-8-6-9-14-18)19-15-10-7-11-16-19/h6-11,13-16H,2-5,12,17H2,1H3. The molecule has 0 unspecified atom stereocenters. The normalized spacial score (nSPS) is 10.4.